The number of hydrogen-bond acceptors (Lipinski definition) is 4. The predicted octanol–water partition coefficient (Wildman–Crippen LogP) is 3.11. The average Bonchev–Trinajstić information content (AvgIpc) is 2.71. The van der Waals surface area contributed by atoms with Gasteiger partial charge in [-0.25, -0.2) is 0 Å². The lowest BCUT2D eigenvalue weighted by molar-refractivity contribution is 0.101. The first-order valence-electron chi connectivity index (χ1n) is 4.54. The molecule has 0 bridgehead atoms. The van der Waals surface area contributed by atoms with Gasteiger partial charge in [0.2, 0.25) is 0 Å². The van der Waals surface area contributed by atoms with Crippen molar-refractivity contribution in [2.45, 2.75) is 6.92 Å². The van der Waals surface area contributed by atoms with Gasteiger partial charge in [0.15, 0.2) is 11.4 Å². The molecule has 0 aliphatic heterocycles. The molecule has 5 heteroatoms. The van der Waals surface area contributed by atoms with Gasteiger partial charge in [0.25, 0.3) is 0 Å². The molecule has 0 atom stereocenters. The van der Waals surface area contributed by atoms with Crippen molar-refractivity contribution >= 4 is 32.7 Å². The topological polar surface area (TPSA) is 59.7 Å². The molecule has 84 valence electrons. The van der Waals surface area contributed by atoms with E-state index in [4.69, 9.17) is 9.15 Å². The number of furan rings is 1. The third-order valence-electron chi connectivity index (χ3n) is 2.34. The Balaban J connectivity index is 2.97. The molecule has 4 nitrogen and oxygen atoms in total. The molecule has 0 saturated carbocycles. The minimum atomic E-state index is -0.266. The van der Waals surface area contributed by atoms with Gasteiger partial charge in [-0.1, -0.05) is 0 Å². The van der Waals surface area contributed by atoms with Gasteiger partial charge >= 0.3 is 0 Å². The van der Waals surface area contributed by atoms with Crippen LogP contribution in [0, 0.1) is 0 Å². The van der Waals surface area contributed by atoms with Crippen molar-refractivity contribution in [3.63, 3.8) is 0 Å². The number of aromatic hydroxyl groups is 1. The Kier molecular flexibility index (Phi) is 2.63. The fourth-order valence-corrected chi connectivity index (χ4v) is 2.16. The van der Waals surface area contributed by atoms with E-state index in [1.807, 2.05) is 0 Å². The van der Waals surface area contributed by atoms with E-state index in [0.717, 1.165) is 0 Å². The zero-order chi connectivity index (χ0) is 11.9. The standard InChI is InChI=1S/C11H9BrO4/c1-5(13)7-9(14)8(12)11-6(3-4-16-11)10(7)15-2/h3-4,14H,1-2H3. The molecule has 1 N–H and O–H groups in total. The van der Waals surface area contributed by atoms with E-state index < -0.39 is 0 Å². The number of ketones is 1. The highest BCUT2D eigenvalue weighted by molar-refractivity contribution is 9.10. The largest absolute Gasteiger partial charge is 0.506 e. The number of ether oxygens (including phenoxy) is 1. The van der Waals surface area contributed by atoms with Crippen molar-refractivity contribution in [2.75, 3.05) is 7.11 Å². The molecule has 1 aromatic carbocycles. The molecule has 1 aromatic heterocycles. The number of methoxy groups -OCH3 is 1. The summed E-state index contributed by atoms with van der Waals surface area (Å²) in [5, 5.41) is 10.5. The predicted molar refractivity (Wildman–Crippen MR) is 62.1 cm³/mol. The van der Waals surface area contributed by atoms with Crippen molar-refractivity contribution in [1.82, 2.24) is 0 Å². The third kappa shape index (κ3) is 1.39. The maximum atomic E-state index is 11.5. The molecule has 2 aromatic rings. The van der Waals surface area contributed by atoms with Gasteiger partial charge in [-0.2, -0.15) is 0 Å². The second kappa shape index (κ2) is 3.83. The van der Waals surface area contributed by atoms with Crippen molar-refractivity contribution in [3.05, 3.63) is 22.4 Å². The number of fused-ring (bicyclic) bond motifs is 1. The quantitative estimate of drug-likeness (QED) is 0.861. The van der Waals surface area contributed by atoms with Gasteiger partial charge < -0.3 is 14.3 Å². The fourth-order valence-electron chi connectivity index (χ4n) is 1.66. The van der Waals surface area contributed by atoms with E-state index in [-0.39, 0.29) is 17.1 Å². The van der Waals surface area contributed by atoms with Gasteiger partial charge in [0.1, 0.15) is 21.5 Å². The first-order chi connectivity index (χ1) is 7.57. The summed E-state index contributed by atoms with van der Waals surface area (Å²) in [4.78, 5) is 11.5. The van der Waals surface area contributed by atoms with E-state index >= 15 is 0 Å². The normalized spacial score (nSPS) is 10.7. The average molecular weight is 285 g/mol. The molecule has 0 unspecified atom stereocenters. The Hall–Kier alpha value is -1.49. The van der Waals surface area contributed by atoms with E-state index in [2.05, 4.69) is 15.9 Å². The zero-order valence-corrected chi connectivity index (χ0v) is 10.3. The van der Waals surface area contributed by atoms with Crippen LogP contribution in [0.25, 0.3) is 11.0 Å². The van der Waals surface area contributed by atoms with Crippen LogP contribution in [0.1, 0.15) is 17.3 Å². The summed E-state index contributed by atoms with van der Waals surface area (Å²) in [6.45, 7) is 1.37. The second-order valence-electron chi connectivity index (χ2n) is 3.29. The number of phenols is 1. The number of phenolic OH excluding ortho intramolecular Hbond substituents is 1. The molecule has 0 aliphatic carbocycles. The minimum absolute atomic E-state index is 0.156. The Morgan fingerprint density at radius 2 is 2.25 bits per heavy atom. The lowest BCUT2D eigenvalue weighted by Gasteiger charge is -2.10. The van der Waals surface area contributed by atoms with E-state index in [1.54, 1.807) is 6.07 Å². The highest BCUT2D eigenvalue weighted by Gasteiger charge is 2.23. The van der Waals surface area contributed by atoms with Crippen LogP contribution in [0.15, 0.2) is 21.2 Å². The number of carbonyl (C=O) groups is 1. The molecular weight excluding hydrogens is 276 g/mol. The molecule has 2 rings (SSSR count). The monoisotopic (exact) mass is 284 g/mol. The molecular formula is C11H9BrO4. The van der Waals surface area contributed by atoms with Crippen molar-refractivity contribution in [1.29, 1.82) is 0 Å². The van der Waals surface area contributed by atoms with E-state index in [1.165, 1.54) is 20.3 Å². The summed E-state index contributed by atoms with van der Waals surface area (Å²) in [6.07, 6.45) is 1.47. The number of carbonyl (C=O) groups excluding carboxylic acids is 1. The SMILES string of the molecule is COc1c(C(C)=O)c(O)c(Br)c2occc12. The number of hydrogen-bond donors (Lipinski definition) is 1. The van der Waals surface area contributed by atoms with Crippen molar-refractivity contribution < 1.29 is 19.1 Å². The smallest absolute Gasteiger partial charge is 0.167 e. The number of Topliss-reactive ketones (excluding diaryl/α,β-unsaturated/α-hetero) is 1. The van der Waals surface area contributed by atoms with Crippen LogP contribution in [0.4, 0.5) is 0 Å². The second-order valence-corrected chi connectivity index (χ2v) is 4.08. The van der Waals surface area contributed by atoms with E-state index in [9.17, 15) is 9.90 Å². The molecule has 1 heterocycles. The molecule has 0 saturated heterocycles. The van der Waals surface area contributed by atoms with Gasteiger partial charge in [-0.3, -0.25) is 4.79 Å². The lowest BCUT2D eigenvalue weighted by atomic mass is 10.1. The van der Waals surface area contributed by atoms with Crippen LogP contribution in [-0.2, 0) is 0 Å². The Bertz CT molecular complexity index is 571. The molecule has 0 amide bonds. The van der Waals surface area contributed by atoms with Crippen LogP contribution in [0.2, 0.25) is 0 Å². The summed E-state index contributed by atoms with van der Waals surface area (Å²) in [5.41, 5.74) is 0.614. The van der Waals surface area contributed by atoms with Gasteiger partial charge in [-0.15, -0.1) is 0 Å². The van der Waals surface area contributed by atoms with Gasteiger partial charge in [0, 0.05) is 0 Å². The maximum absolute atomic E-state index is 11.5. The van der Waals surface area contributed by atoms with Crippen molar-refractivity contribution in [3.8, 4) is 11.5 Å². The highest BCUT2D eigenvalue weighted by atomic mass is 79.9. The van der Waals surface area contributed by atoms with Crippen LogP contribution in [0.3, 0.4) is 0 Å². The number of rotatable bonds is 2. The lowest BCUT2D eigenvalue weighted by Crippen LogP contribution is -1.99. The molecule has 0 radical (unpaired) electrons. The van der Waals surface area contributed by atoms with Crippen molar-refractivity contribution in [2.24, 2.45) is 0 Å². The van der Waals surface area contributed by atoms with E-state index in [0.29, 0.717) is 21.2 Å². The maximum Gasteiger partial charge on any atom is 0.167 e. The summed E-state index contributed by atoms with van der Waals surface area (Å²) in [6, 6.07) is 1.69. The first-order valence-corrected chi connectivity index (χ1v) is 5.33. The zero-order valence-electron chi connectivity index (χ0n) is 8.70. The Morgan fingerprint density at radius 1 is 1.56 bits per heavy atom. The Morgan fingerprint density at radius 3 is 2.81 bits per heavy atom. The summed E-state index contributed by atoms with van der Waals surface area (Å²) < 4.78 is 10.7. The highest BCUT2D eigenvalue weighted by Crippen LogP contribution is 2.43. The van der Waals surface area contributed by atoms with Crippen LogP contribution >= 0.6 is 15.9 Å². The molecule has 0 fully saturated rings. The van der Waals surface area contributed by atoms with Gasteiger partial charge in [-0.05, 0) is 28.9 Å². The van der Waals surface area contributed by atoms with Gasteiger partial charge in [0.05, 0.1) is 18.8 Å². The van der Waals surface area contributed by atoms with Crippen LogP contribution < -0.4 is 4.74 Å². The summed E-state index contributed by atoms with van der Waals surface area (Å²) in [5.74, 6) is -0.0955. The third-order valence-corrected chi connectivity index (χ3v) is 3.07. The minimum Gasteiger partial charge on any atom is -0.506 e. The number of halogens is 1. The summed E-state index contributed by atoms with van der Waals surface area (Å²) >= 11 is 3.19. The van der Waals surface area contributed by atoms with Crippen LogP contribution in [0.5, 0.6) is 11.5 Å². The Labute approximate surface area is 99.9 Å². The molecule has 0 aliphatic rings. The fraction of sp³-hybridized carbons (Fsp3) is 0.182. The first kappa shape index (κ1) is 11.0. The number of benzene rings is 1. The molecule has 0 spiro atoms. The summed E-state index contributed by atoms with van der Waals surface area (Å²) in [7, 11) is 1.45. The van der Waals surface area contributed by atoms with Crippen LogP contribution in [-0.4, -0.2) is 18.0 Å². The molecule has 16 heavy (non-hydrogen) atoms.